The lowest BCUT2D eigenvalue weighted by Crippen LogP contribution is -2.29. The minimum atomic E-state index is -0.337. The summed E-state index contributed by atoms with van der Waals surface area (Å²) in [5, 5.41) is 9.31. The van der Waals surface area contributed by atoms with E-state index in [-0.39, 0.29) is 6.10 Å². The van der Waals surface area contributed by atoms with E-state index in [1.54, 1.807) is 7.11 Å². The molecule has 2 unspecified atom stereocenters. The highest BCUT2D eigenvalue weighted by molar-refractivity contribution is 4.75. The molecule has 4 heteroatoms. The van der Waals surface area contributed by atoms with Gasteiger partial charge in [-0.05, 0) is 25.3 Å². The molecule has 0 aromatic carbocycles. The number of hydrogen-bond donors (Lipinski definition) is 2. The number of rotatable bonds is 6. The van der Waals surface area contributed by atoms with Gasteiger partial charge in [-0.2, -0.15) is 0 Å². The fourth-order valence-corrected chi connectivity index (χ4v) is 1.94. The molecule has 0 amide bonds. The lowest BCUT2D eigenvalue weighted by atomic mass is 10.1. The standard InChI is InChI=1S/C10H22N2O2/c1-14-8-9-2-4-12(7-9)5-3-10(13)6-11/h9-10,13H,2-8,11H2,1H3. The lowest BCUT2D eigenvalue weighted by Gasteiger charge is -2.17. The van der Waals surface area contributed by atoms with E-state index in [4.69, 9.17) is 10.5 Å². The van der Waals surface area contributed by atoms with Crippen molar-refractivity contribution in [1.29, 1.82) is 0 Å². The highest BCUT2D eigenvalue weighted by Gasteiger charge is 2.22. The largest absolute Gasteiger partial charge is 0.392 e. The molecule has 0 spiro atoms. The Balaban J connectivity index is 2.09. The Morgan fingerprint density at radius 1 is 1.64 bits per heavy atom. The molecular weight excluding hydrogens is 180 g/mol. The molecule has 0 bridgehead atoms. The molecule has 1 aliphatic heterocycles. The number of ether oxygens (including phenoxy) is 1. The molecule has 2 atom stereocenters. The topological polar surface area (TPSA) is 58.7 Å². The molecule has 1 rings (SSSR count). The van der Waals surface area contributed by atoms with Gasteiger partial charge in [0, 0.05) is 26.7 Å². The van der Waals surface area contributed by atoms with Gasteiger partial charge in [-0.15, -0.1) is 0 Å². The predicted molar refractivity (Wildman–Crippen MR) is 56.1 cm³/mol. The van der Waals surface area contributed by atoms with E-state index in [0.29, 0.717) is 12.5 Å². The van der Waals surface area contributed by atoms with Crippen LogP contribution in [0, 0.1) is 5.92 Å². The van der Waals surface area contributed by atoms with E-state index in [2.05, 4.69) is 4.90 Å². The number of nitrogens with zero attached hydrogens (tertiary/aromatic N) is 1. The third-order valence-electron chi connectivity index (χ3n) is 2.82. The van der Waals surface area contributed by atoms with Crippen LogP contribution in [0.5, 0.6) is 0 Å². The van der Waals surface area contributed by atoms with Gasteiger partial charge >= 0.3 is 0 Å². The van der Waals surface area contributed by atoms with Crippen LogP contribution in [-0.4, -0.2) is 56.0 Å². The van der Waals surface area contributed by atoms with Crippen molar-refractivity contribution in [3.8, 4) is 0 Å². The average Bonchev–Trinajstić information content (AvgIpc) is 2.63. The van der Waals surface area contributed by atoms with Gasteiger partial charge < -0.3 is 20.5 Å². The Bertz CT molecular complexity index is 155. The maximum absolute atomic E-state index is 9.31. The van der Waals surface area contributed by atoms with E-state index < -0.39 is 0 Å². The molecule has 1 heterocycles. The van der Waals surface area contributed by atoms with Crippen molar-refractivity contribution >= 4 is 0 Å². The second-order valence-corrected chi connectivity index (χ2v) is 4.09. The molecule has 1 aliphatic rings. The summed E-state index contributed by atoms with van der Waals surface area (Å²) in [6, 6.07) is 0. The summed E-state index contributed by atoms with van der Waals surface area (Å²) in [6.45, 7) is 4.42. The molecule has 0 aromatic heterocycles. The first-order chi connectivity index (χ1) is 6.76. The van der Waals surface area contributed by atoms with E-state index in [9.17, 15) is 5.11 Å². The number of aliphatic hydroxyl groups excluding tert-OH is 1. The third kappa shape index (κ3) is 3.92. The van der Waals surface area contributed by atoms with Crippen molar-refractivity contribution in [2.45, 2.75) is 18.9 Å². The molecule has 14 heavy (non-hydrogen) atoms. The molecule has 4 nitrogen and oxygen atoms in total. The van der Waals surface area contributed by atoms with Crippen LogP contribution >= 0.6 is 0 Å². The van der Waals surface area contributed by atoms with Crippen LogP contribution in [0.1, 0.15) is 12.8 Å². The summed E-state index contributed by atoms with van der Waals surface area (Å²) in [7, 11) is 1.75. The predicted octanol–water partition coefficient (Wildman–Crippen LogP) is -0.336. The summed E-state index contributed by atoms with van der Waals surface area (Å²) < 4.78 is 5.12. The Kier molecular flexibility index (Phi) is 5.40. The highest BCUT2D eigenvalue weighted by atomic mass is 16.5. The van der Waals surface area contributed by atoms with Gasteiger partial charge in [0.1, 0.15) is 0 Å². The number of methoxy groups -OCH3 is 1. The van der Waals surface area contributed by atoms with Crippen LogP contribution in [0.2, 0.25) is 0 Å². The zero-order valence-electron chi connectivity index (χ0n) is 8.98. The summed E-state index contributed by atoms with van der Waals surface area (Å²) >= 11 is 0. The number of aliphatic hydroxyl groups is 1. The fourth-order valence-electron chi connectivity index (χ4n) is 1.94. The molecule has 1 saturated heterocycles. The van der Waals surface area contributed by atoms with Gasteiger partial charge in [0.05, 0.1) is 12.7 Å². The van der Waals surface area contributed by atoms with Gasteiger partial charge in [0.2, 0.25) is 0 Å². The third-order valence-corrected chi connectivity index (χ3v) is 2.82. The molecule has 3 N–H and O–H groups in total. The van der Waals surface area contributed by atoms with Gasteiger partial charge in [-0.3, -0.25) is 0 Å². The van der Waals surface area contributed by atoms with Crippen molar-refractivity contribution in [3.63, 3.8) is 0 Å². The first kappa shape index (κ1) is 11.9. The molecule has 0 aliphatic carbocycles. The Labute approximate surface area is 86.0 Å². The molecule has 1 fully saturated rings. The first-order valence-corrected chi connectivity index (χ1v) is 5.35. The Hall–Kier alpha value is -0.160. The lowest BCUT2D eigenvalue weighted by molar-refractivity contribution is 0.140. The van der Waals surface area contributed by atoms with Gasteiger partial charge in [0.15, 0.2) is 0 Å². The monoisotopic (exact) mass is 202 g/mol. The van der Waals surface area contributed by atoms with Crippen LogP contribution in [0.4, 0.5) is 0 Å². The number of likely N-dealkylation sites (tertiary alicyclic amines) is 1. The average molecular weight is 202 g/mol. The van der Waals surface area contributed by atoms with Crippen LogP contribution in [0.15, 0.2) is 0 Å². The summed E-state index contributed by atoms with van der Waals surface area (Å²) in [5.41, 5.74) is 5.34. The smallest absolute Gasteiger partial charge is 0.0674 e. The van der Waals surface area contributed by atoms with Gasteiger partial charge in [0.25, 0.3) is 0 Å². The minimum Gasteiger partial charge on any atom is -0.392 e. The zero-order chi connectivity index (χ0) is 10.4. The van der Waals surface area contributed by atoms with E-state index >= 15 is 0 Å². The molecule has 0 saturated carbocycles. The van der Waals surface area contributed by atoms with Crippen molar-refractivity contribution in [3.05, 3.63) is 0 Å². The Morgan fingerprint density at radius 2 is 2.43 bits per heavy atom. The maximum atomic E-state index is 9.31. The van der Waals surface area contributed by atoms with Gasteiger partial charge in [-0.1, -0.05) is 0 Å². The van der Waals surface area contributed by atoms with Crippen LogP contribution in [-0.2, 0) is 4.74 Å². The quantitative estimate of drug-likeness (QED) is 0.619. The molecule has 0 radical (unpaired) electrons. The maximum Gasteiger partial charge on any atom is 0.0674 e. The van der Waals surface area contributed by atoms with Crippen molar-refractivity contribution in [1.82, 2.24) is 4.90 Å². The van der Waals surface area contributed by atoms with Crippen molar-refractivity contribution < 1.29 is 9.84 Å². The van der Waals surface area contributed by atoms with Crippen molar-refractivity contribution in [2.75, 3.05) is 39.9 Å². The second kappa shape index (κ2) is 6.35. The normalized spacial score (nSPS) is 25.5. The minimum absolute atomic E-state index is 0.337. The van der Waals surface area contributed by atoms with Crippen LogP contribution in [0.3, 0.4) is 0 Å². The SMILES string of the molecule is COCC1CCN(CCC(O)CN)C1. The highest BCUT2D eigenvalue weighted by Crippen LogP contribution is 2.16. The molecular formula is C10H22N2O2. The first-order valence-electron chi connectivity index (χ1n) is 5.35. The number of hydrogen-bond acceptors (Lipinski definition) is 4. The Morgan fingerprint density at radius 3 is 3.07 bits per heavy atom. The van der Waals surface area contributed by atoms with E-state index in [1.165, 1.54) is 6.42 Å². The summed E-state index contributed by atoms with van der Waals surface area (Å²) in [4.78, 5) is 2.38. The van der Waals surface area contributed by atoms with E-state index in [1.807, 2.05) is 0 Å². The molecule has 0 aromatic rings. The fraction of sp³-hybridized carbons (Fsp3) is 1.00. The van der Waals surface area contributed by atoms with Crippen molar-refractivity contribution in [2.24, 2.45) is 11.7 Å². The van der Waals surface area contributed by atoms with Crippen LogP contribution < -0.4 is 5.73 Å². The van der Waals surface area contributed by atoms with E-state index in [0.717, 1.165) is 32.7 Å². The zero-order valence-corrected chi connectivity index (χ0v) is 8.98. The summed E-state index contributed by atoms with van der Waals surface area (Å²) in [6.07, 6.45) is 1.67. The summed E-state index contributed by atoms with van der Waals surface area (Å²) in [5.74, 6) is 0.676. The number of nitrogens with two attached hydrogens (primary N) is 1. The second-order valence-electron chi connectivity index (χ2n) is 4.09. The van der Waals surface area contributed by atoms with Gasteiger partial charge in [-0.25, -0.2) is 0 Å². The van der Waals surface area contributed by atoms with Crippen LogP contribution in [0.25, 0.3) is 0 Å². The molecule has 84 valence electrons.